The average Bonchev–Trinajstić information content (AvgIpc) is 2.85. The lowest BCUT2D eigenvalue weighted by Gasteiger charge is -2.31. The highest BCUT2D eigenvalue weighted by molar-refractivity contribution is 7.99. The zero-order chi connectivity index (χ0) is 24.7. The molecule has 0 bridgehead atoms. The lowest BCUT2D eigenvalue weighted by atomic mass is 10.1. The summed E-state index contributed by atoms with van der Waals surface area (Å²) < 4.78 is 38.8. The SMILES string of the molecule is Cc1cc(NCC/C=C/CCSc2ccnc3cc(C(F)(F)F)ccc23)ccc1N1CCNCC1. The van der Waals surface area contributed by atoms with Crippen molar-refractivity contribution in [1.82, 2.24) is 10.3 Å². The molecule has 8 heteroatoms. The van der Waals surface area contributed by atoms with Gasteiger partial charge in [0.2, 0.25) is 0 Å². The van der Waals surface area contributed by atoms with E-state index in [2.05, 4.69) is 57.8 Å². The van der Waals surface area contributed by atoms with Gasteiger partial charge in [0.1, 0.15) is 0 Å². The summed E-state index contributed by atoms with van der Waals surface area (Å²) in [5.41, 5.74) is 3.47. The van der Waals surface area contributed by atoms with E-state index in [-0.39, 0.29) is 0 Å². The molecule has 0 saturated carbocycles. The molecule has 2 heterocycles. The number of rotatable bonds is 9. The third kappa shape index (κ3) is 6.92. The smallest absolute Gasteiger partial charge is 0.385 e. The maximum Gasteiger partial charge on any atom is 0.416 e. The first-order chi connectivity index (χ1) is 16.9. The third-order valence-electron chi connectivity index (χ3n) is 6.03. The summed E-state index contributed by atoms with van der Waals surface area (Å²) in [6.07, 6.45) is 3.39. The predicted octanol–water partition coefficient (Wildman–Crippen LogP) is 6.51. The molecular weight excluding hydrogens is 469 g/mol. The second-order valence-corrected chi connectivity index (χ2v) is 9.74. The largest absolute Gasteiger partial charge is 0.416 e. The number of allylic oxidation sites excluding steroid dienone is 1. The van der Waals surface area contributed by atoms with Crippen molar-refractivity contribution in [3.63, 3.8) is 0 Å². The summed E-state index contributed by atoms with van der Waals surface area (Å²) in [4.78, 5) is 7.51. The Hall–Kier alpha value is -2.71. The van der Waals surface area contributed by atoms with Crippen molar-refractivity contribution in [3.05, 3.63) is 71.9 Å². The Kier molecular flexibility index (Phi) is 8.57. The number of fused-ring (bicyclic) bond motifs is 1. The number of aryl methyl sites for hydroxylation is 1. The van der Waals surface area contributed by atoms with Gasteiger partial charge in [-0.15, -0.1) is 11.8 Å². The number of nitrogens with zero attached hydrogens (tertiary/aromatic N) is 2. The molecule has 1 aliphatic heterocycles. The molecule has 1 aliphatic rings. The Morgan fingerprint density at radius 1 is 1.06 bits per heavy atom. The minimum atomic E-state index is -4.36. The Morgan fingerprint density at radius 2 is 1.86 bits per heavy atom. The van der Waals surface area contributed by atoms with Crippen molar-refractivity contribution >= 4 is 34.0 Å². The first kappa shape index (κ1) is 25.4. The number of alkyl halides is 3. The summed E-state index contributed by atoms with van der Waals surface area (Å²) in [7, 11) is 0. The van der Waals surface area contributed by atoms with E-state index in [1.165, 1.54) is 17.3 Å². The molecule has 0 radical (unpaired) electrons. The Morgan fingerprint density at radius 3 is 2.63 bits per heavy atom. The van der Waals surface area contributed by atoms with E-state index in [1.54, 1.807) is 18.0 Å². The highest BCUT2D eigenvalue weighted by Crippen LogP contribution is 2.34. The zero-order valence-corrected chi connectivity index (χ0v) is 20.7. The molecule has 4 nitrogen and oxygen atoms in total. The van der Waals surface area contributed by atoms with E-state index in [9.17, 15) is 13.2 Å². The molecule has 186 valence electrons. The van der Waals surface area contributed by atoms with Crippen molar-refractivity contribution in [1.29, 1.82) is 0 Å². The number of nitrogens with one attached hydrogen (secondary N) is 2. The van der Waals surface area contributed by atoms with Gasteiger partial charge in [-0.3, -0.25) is 4.98 Å². The number of benzene rings is 2. The van der Waals surface area contributed by atoms with Crippen LogP contribution in [0.3, 0.4) is 0 Å². The molecule has 4 rings (SSSR count). The van der Waals surface area contributed by atoms with Crippen LogP contribution in [0.25, 0.3) is 10.9 Å². The molecule has 1 aromatic heterocycles. The molecule has 0 aliphatic carbocycles. The van der Waals surface area contributed by atoms with Crippen LogP contribution >= 0.6 is 11.8 Å². The summed E-state index contributed by atoms with van der Waals surface area (Å²) in [6, 6.07) is 12.2. The maximum absolute atomic E-state index is 12.9. The number of thioether (sulfide) groups is 1. The van der Waals surface area contributed by atoms with Gasteiger partial charge in [0.15, 0.2) is 0 Å². The van der Waals surface area contributed by atoms with E-state index >= 15 is 0 Å². The average molecular weight is 501 g/mol. The number of halogens is 3. The standard InChI is InChI=1S/C27H31F3N4S/c1-20-18-22(7-9-25(20)34-15-13-31-14-16-34)32-11-4-2-3-5-17-35-26-10-12-33-24-19-21(27(28,29)30)6-8-23(24)26/h2-3,6-10,12,18-19,31-32H,4-5,11,13-17H2,1H3/b3-2+. The zero-order valence-electron chi connectivity index (χ0n) is 19.9. The number of hydrogen-bond acceptors (Lipinski definition) is 5. The second kappa shape index (κ2) is 11.8. The third-order valence-corrected chi connectivity index (χ3v) is 7.14. The minimum absolute atomic E-state index is 0.377. The topological polar surface area (TPSA) is 40.2 Å². The highest BCUT2D eigenvalue weighted by atomic mass is 32.2. The monoisotopic (exact) mass is 500 g/mol. The van der Waals surface area contributed by atoms with Crippen LogP contribution < -0.4 is 15.5 Å². The van der Waals surface area contributed by atoms with Crippen LogP contribution in [0.4, 0.5) is 24.5 Å². The molecule has 0 atom stereocenters. The molecule has 0 spiro atoms. The van der Waals surface area contributed by atoms with E-state index in [0.29, 0.717) is 5.52 Å². The number of piperazine rings is 1. The fourth-order valence-corrected chi connectivity index (χ4v) is 5.18. The molecule has 2 N–H and O–H groups in total. The molecule has 1 saturated heterocycles. The van der Waals surface area contributed by atoms with Crippen molar-refractivity contribution in [3.8, 4) is 0 Å². The normalized spacial score (nSPS) is 14.7. The summed E-state index contributed by atoms with van der Waals surface area (Å²) in [5.74, 6) is 0.858. The lowest BCUT2D eigenvalue weighted by molar-refractivity contribution is -0.137. The van der Waals surface area contributed by atoms with Crippen molar-refractivity contribution in [2.45, 2.75) is 30.8 Å². The van der Waals surface area contributed by atoms with Gasteiger partial charge in [-0.1, -0.05) is 18.2 Å². The van der Waals surface area contributed by atoms with Gasteiger partial charge in [-0.05, 0) is 61.7 Å². The number of aromatic nitrogens is 1. The quantitative estimate of drug-likeness (QED) is 0.199. The first-order valence-corrected chi connectivity index (χ1v) is 12.9. The summed E-state index contributed by atoms with van der Waals surface area (Å²) in [6.45, 7) is 7.20. The van der Waals surface area contributed by atoms with E-state index in [1.807, 2.05) is 6.07 Å². The van der Waals surface area contributed by atoms with Gasteiger partial charge in [0.05, 0.1) is 11.1 Å². The summed E-state index contributed by atoms with van der Waals surface area (Å²) >= 11 is 1.64. The van der Waals surface area contributed by atoms with Crippen LogP contribution in [0, 0.1) is 6.92 Å². The number of pyridine rings is 1. The van der Waals surface area contributed by atoms with E-state index in [4.69, 9.17) is 0 Å². The molecule has 0 amide bonds. The van der Waals surface area contributed by atoms with Crippen LogP contribution in [-0.2, 0) is 6.18 Å². The van der Waals surface area contributed by atoms with Gasteiger partial charge in [0.25, 0.3) is 0 Å². The predicted molar refractivity (Wildman–Crippen MR) is 141 cm³/mol. The van der Waals surface area contributed by atoms with Crippen LogP contribution in [0.15, 0.2) is 65.7 Å². The summed E-state index contributed by atoms with van der Waals surface area (Å²) in [5, 5.41) is 7.65. The molecule has 35 heavy (non-hydrogen) atoms. The van der Waals surface area contributed by atoms with E-state index in [0.717, 1.165) is 79.4 Å². The van der Waals surface area contributed by atoms with Gasteiger partial charge in [0, 0.05) is 66.3 Å². The molecule has 1 fully saturated rings. The maximum atomic E-state index is 12.9. The lowest BCUT2D eigenvalue weighted by Crippen LogP contribution is -2.43. The van der Waals surface area contributed by atoms with Crippen LogP contribution in [-0.4, -0.2) is 43.5 Å². The van der Waals surface area contributed by atoms with Crippen molar-refractivity contribution < 1.29 is 13.2 Å². The van der Waals surface area contributed by atoms with Gasteiger partial charge >= 0.3 is 6.18 Å². The van der Waals surface area contributed by atoms with E-state index < -0.39 is 11.7 Å². The number of anilines is 2. The molecular formula is C27H31F3N4S. The van der Waals surface area contributed by atoms with Crippen LogP contribution in [0.2, 0.25) is 0 Å². The van der Waals surface area contributed by atoms with Crippen molar-refractivity contribution in [2.75, 3.05) is 48.7 Å². The highest BCUT2D eigenvalue weighted by Gasteiger charge is 2.30. The van der Waals surface area contributed by atoms with Gasteiger partial charge in [-0.2, -0.15) is 13.2 Å². The molecule has 0 unspecified atom stereocenters. The number of hydrogen-bond donors (Lipinski definition) is 2. The fraction of sp³-hybridized carbons (Fsp3) is 0.370. The van der Waals surface area contributed by atoms with Crippen LogP contribution in [0.1, 0.15) is 24.0 Å². The first-order valence-electron chi connectivity index (χ1n) is 12.0. The minimum Gasteiger partial charge on any atom is -0.385 e. The van der Waals surface area contributed by atoms with Gasteiger partial charge in [-0.25, -0.2) is 0 Å². The second-order valence-electron chi connectivity index (χ2n) is 8.60. The Bertz CT molecular complexity index is 1160. The molecule has 2 aromatic carbocycles. The van der Waals surface area contributed by atoms with Crippen molar-refractivity contribution in [2.24, 2.45) is 0 Å². The molecule has 3 aromatic rings. The van der Waals surface area contributed by atoms with Crippen LogP contribution in [0.5, 0.6) is 0 Å². The Labute approximate surface area is 209 Å². The fourth-order valence-electron chi connectivity index (χ4n) is 4.22. The van der Waals surface area contributed by atoms with Gasteiger partial charge < -0.3 is 15.5 Å². The Balaban J connectivity index is 1.19.